The smallest absolute Gasteiger partial charge is 0.0815 e. The molecule has 1 saturated heterocycles. The van der Waals surface area contributed by atoms with Crippen LogP contribution in [0.4, 0.5) is 0 Å². The average Bonchev–Trinajstić information content (AvgIpc) is 2.05. The molecule has 0 spiro atoms. The van der Waals surface area contributed by atoms with E-state index >= 15 is 0 Å². The van der Waals surface area contributed by atoms with E-state index in [0.29, 0.717) is 6.54 Å². The van der Waals surface area contributed by atoms with Crippen molar-refractivity contribution in [3.63, 3.8) is 0 Å². The van der Waals surface area contributed by atoms with Gasteiger partial charge >= 0.3 is 0 Å². The zero-order valence-electron chi connectivity index (χ0n) is 6.21. The Labute approximate surface area is 61.6 Å². The molecule has 4 N–H and O–H groups in total. The van der Waals surface area contributed by atoms with Gasteiger partial charge in [0.1, 0.15) is 0 Å². The summed E-state index contributed by atoms with van der Waals surface area (Å²) in [4.78, 5) is 0. The predicted molar refractivity (Wildman–Crippen MR) is 40.7 cm³/mol. The molecule has 0 aromatic carbocycles. The molecule has 1 heterocycles. The summed E-state index contributed by atoms with van der Waals surface area (Å²) >= 11 is 0. The lowest BCUT2D eigenvalue weighted by Gasteiger charge is -2.26. The van der Waals surface area contributed by atoms with Crippen LogP contribution < -0.4 is 11.1 Å². The van der Waals surface area contributed by atoms with E-state index in [0.717, 1.165) is 13.0 Å². The van der Waals surface area contributed by atoms with Crippen molar-refractivity contribution in [3.8, 4) is 0 Å². The Morgan fingerprint density at radius 2 is 2.40 bits per heavy atom. The first-order chi connectivity index (χ1) is 4.84. The molecular formula is C7H16N2O. The standard InChI is InChI=1S/C7H16N2O/c8-5-7(10)6-3-1-2-4-9-6/h6-7,9-10H,1-5,8H2. The first-order valence-electron chi connectivity index (χ1n) is 3.96. The zero-order chi connectivity index (χ0) is 7.40. The lowest BCUT2D eigenvalue weighted by Crippen LogP contribution is -2.46. The minimum atomic E-state index is -0.347. The number of rotatable bonds is 2. The minimum absolute atomic E-state index is 0.249. The van der Waals surface area contributed by atoms with Crippen molar-refractivity contribution < 1.29 is 5.11 Å². The Morgan fingerprint density at radius 1 is 1.60 bits per heavy atom. The van der Waals surface area contributed by atoms with Gasteiger partial charge in [-0.3, -0.25) is 0 Å². The number of aliphatic hydroxyl groups excluding tert-OH is 1. The summed E-state index contributed by atoms with van der Waals surface area (Å²) < 4.78 is 0. The average molecular weight is 144 g/mol. The van der Waals surface area contributed by atoms with E-state index in [9.17, 15) is 5.11 Å². The fourth-order valence-electron chi connectivity index (χ4n) is 1.37. The highest BCUT2D eigenvalue weighted by Gasteiger charge is 2.18. The highest BCUT2D eigenvalue weighted by atomic mass is 16.3. The molecule has 60 valence electrons. The number of nitrogens with two attached hydrogens (primary N) is 1. The third-order valence-electron chi connectivity index (χ3n) is 2.05. The van der Waals surface area contributed by atoms with Gasteiger partial charge in [0.15, 0.2) is 0 Å². The molecule has 0 aromatic heterocycles. The summed E-state index contributed by atoms with van der Waals surface area (Å²) in [6.45, 7) is 1.40. The second-order valence-corrected chi connectivity index (χ2v) is 2.86. The second-order valence-electron chi connectivity index (χ2n) is 2.86. The predicted octanol–water partition coefficient (Wildman–Crippen LogP) is -0.552. The van der Waals surface area contributed by atoms with Crippen molar-refractivity contribution in [2.75, 3.05) is 13.1 Å². The number of aliphatic hydroxyl groups is 1. The van der Waals surface area contributed by atoms with Crippen LogP contribution in [-0.4, -0.2) is 30.3 Å². The van der Waals surface area contributed by atoms with Crippen LogP contribution in [0.3, 0.4) is 0 Å². The summed E-state index contributed by atoms with van der Waals surface area (Å²) in [5.74, 6) is 0. The quantitative estimate of drug-likeness (QED) is 0.487. The third kappa shape index (κ3) is 1.94. The number of hydrogen-bond acceptors (Lipinski definition) is 3. The molecule has 1 aliphatic heterocycles. The molecule has 1 rings (SSSR count). The molecule has 1 fully saturated rings. The van der Waals surface area contributed by atoms with Gasteiger partial charge in [0.05, 0.1) is 6.10 Å². The van der Waals surface area contributed by atoms with Gasteiger partial charge in [-0.05, 0) is 19.4 Å². The molecule has 1 aliphatic rings. The summed E-state index contributed by atoms with van der Waals surface area (Å²) in [5, 5.41) is 12.5. The topological polar surface area (TPSA) is 58.3 Å². The first kappa shape index (κ1) is 7.98. The van der Waals surface area contributed by atoms with E-state index in [1.54, 1.807) is 0 Å². The van der Waals surface area contributed by atoms with Crippen LogP contribution in [0.5, 0.6) is 0 Å². The monoisotopic (exact) mass is 144 g/mol. The van der Waals surface area contributed by atoms with Gasteiger partial charge in [-0.15, -0.1) is 0 Å². The highest BCUT2D eigenvalue weighted by Crippen LogP contribution is 2.09. The van der Waals surface area contributed by atoms with Crippen LogP contribution in [-0.2, 0) is 0 Å². The van der Waals surface area contributed by atoms with Crippen LogP contribution in [0.1, 0.15) is 19.3 Å². The third-order valence-corrected chi connectivity index (χ3v) is 2.05. The van der Waals surface area contributed by atoms with Crippen LogP contribution in [0.15, 0.2) is 0 Å². The Balaban J connectivity index is 2.24. The van der Waals surface area contributed by atoms with Gasteiger partial charge in [-0.2, -0.15) is 0 Å². The zero-order valence-corrected chi connectivity index (χ0v) is 6.21. The SMILES string of the molecule is NCC(O)C1CCCCN1. The van der Waals surface area contributed by atoms with E-state index < -0.39 is 0 Å². The lowest BCUT2D eigenvalue weighted by molar-refractivity contribution is 0.120. The summed E-state index contributed by atoms with van der Waals surface area (Å²) in [6.07, 6.45) is 3.17. The largest absolute Gasteiger partial charge is 0.390 e. The molecule has 0 amide bonds. The van der Waals surface area contributed by atoms with Crippen LogP contribution in [0.2, 0.25) is 0 Å². The molecule has 2 unspecified atom stereocenters. The van der Waals surface area contributed by atoms with Crippen molar-refractivity contribution in [2.24, 2.45) is 5.73 Å². The van der Waals surface area contributed by atoms with Gasteiger partial charge in [0.25, 0.3) is 0 Å². The van der Waals surface area contributed by atoms with E-state index in [1.807, 2.05) is 0 Å². The fourth-order valence-corrected chi connectivity index (χ4v) is 1.37. The van der Waals surface area contributed by atoms with E-state index in [2.05, 4.69) is 5.32 Å². The van der Waals surface area contributed by atoms with Gasteiger partial charge in [0, 0.05) is 12.6 Å². The second kappa shape index (κ2) is 3.91. The Hall–Kier alpha value is -0.120. The first-order valence-corrected chi connectivity index (χ1v) is 3.96. The van der Waals surface area contributed by atoms with E-state index in [4.69, 9.17) is 5.73 Å². The van der Waals surface area contributed by atoms with Gasteiger partial charge < -0.3 is 16.2 Å². The number of piperidine rings is 1. The molecule has 0 aliphatic carbocycles. The van der Waals surface area contributed by atoms with Crippen molar-refractivity contribution in [2.45, 2.75) is 31.4 Å². The van der Waals surface area contributed by atoms with Gasteiger partial charge in [-0.25, -0.2) is 0 Å². The molecular weight excluding hydrogens is 128 g/mol. The summed E-state index contributed by atoms with van der Waals surface area (Å²) in [6, 6.07) is 0.249. The van der Waals surface area contributed by atoms with E-state index in [1.165, 1.54) is 12.8 Å². The maximum atomic E-state index is 9.30. The molecule has 10 heavy (non-hydrogen) atoms. The molecule has 0 radical (unpaired) electrons. The molecule has 2 atom stereocenters. The molecule has 0 bridgehead atoms. The Morgan fingerprint density at radius 3 is 2.90 bits per heavy atom. The molecule has 3 heteroatoms. The van der Waals surface area contributed by atoms with Crippen molar-refractivity contribution in [1.29, 1.82) is 0 Å². The molecule has 3 nitrogen and oxygen atoms in total. The number of nitrogens with one attached hydrogen (secondary N) is 1. The normalized spacial score (nSPS) is 30.0. The number of hydrogen-bond donors (Lipinski definition) is 3. The summed E-state index contributed by atoms with van der Waals surface area (Å²) in [5.41, 5.74) is 5.31. The molecule has 0 saturated carbocycles. The highest BCUT2D eigenvalue weighted by molar-refractivity contribution is 4.79. The van der Waals surface area contributed by atoms with Gasteiger partial charge in [-0.1, -0.05) is 6.42 Å². The van der Waals surface area contributed by atoms with Crippen molar-refractivity contribution >= 4 is 0 Å². The minimum Gasteiger partial charge on any atom is -0.390 e. The summed E-state index contributed by atoms with van der Waals surface area (Å²) in [7, 11) is 0. The van der Waals surface area contributed by atoms with Crippen LogP contribution in [0, 0.1) is 0 Å². The Bertz CT molecular complexity index is 91.6. The van der Waals surface area contributed by atoms with Crippen molar-refractivity contribution in [1.82, 2.24) is 5.32 Å². The molecule has 0 aromatic rings. The fraction of sp³-hybridized carbons (Fsp3) is 1.00. The van der Waals surface area contributed by atoms with Crippen molar-refractivity contribution in [3.05, 3.63) is 0 Å². The van der Waals surface area contributed by atoms with Crippen LogP contribution in [0.25, 0.3) is 0 Å². The maximum absolute atomic E-state index is 9.30. The van der Waals surface area contributed by atoms with E-state index in [-0.39, 0.29) is 12.1 Å². The van der Waals surface area contributed by atoms with Crippen LogP contribution >= 0.6 is 0 Å². The lowest BCUT2D eigenvalue weighted by atomic mass is 10.0. The maximum Gasteiger partial charge on any atom is 0.0815 e. The van der Waals surface area contributed by atoms with Gasteiger partial charge in [0.2, 0.25) is 0 Å². The Kier molecular flexibility index (Phi) is 3.12.